The number of fused-ring (bicyclic) bond motifs is 1. The highest BCUT2D eigenvalue weighted by molar-refractivity contribution is 4.93. The Morgan fingerprint density at radius 2 is 2.00 bits per heavy atom. The summed E-state index contributed by atoms with van der Waals surface area (Å²) in [5, 5.41) is 0. The third-order valence-electron chi connectivity index (χ3n) is 4.24. The molecule has 3 atom stereocenters. The Hall–Kier alpha value is -0.0400. The van der Waals surface area contributed by atoms with E-state index in [9.17, 15) is 0 Å². The third-order valence-corrected chi connectivity index (χ3v) is 4.24. The minimum absolute atomic E-state index is 0.873. The summed E-state index contributed by atoms with van der Waals surface area (Å²) in [4.78, 5) is 2.86. The van der Waals surface area contributed by atoms with E-state index in [4.69, 9.17) is 0 Å². The van der Waals surface area contributed by atoms with Gasteiger partial charge in [-0.05, 0) is 39.0 Å². The van der Waals surface area contributed by atoms with Gasteiger partial charge in [-0.2, -0.15) is 0 Å². The van der Waals surface area contributed by atoms with Gasteiger partial charge in [0.1, 0.15) is 0 Å². The van der Waals surface area contributed by atoms with E-state index in [0.29, 0.717) is 0 Å². The van der Waals surface area contributed by atoms with Crippen LogP contribution in [0.4, 0.5) is 0 Å². The summed E-state index contributed by atoms with van der Waals surface area (Å²) in [5.74, 6) is 0. The second-order valence-corrected chi connectivity index (χ2v) is 5.25. The zero-order valence-corrected chi connectivity index (χ0v) is 9.84. The second-order valence-electron chi connectivity index (χ2n) is 5.25. The largest absolute Gasteiger partial charge is 0.295 e. The standard InChI is InChI=1S/C13H25N/c1-3-4-7-12-9-10-13-8-5-6-11(2)14(12)13/h11-13H,3-10H2,1-2H3. The van der Waals surface area contributed by atoms with Gasteiger partial charge in [-0.3, -0.25) is 4.90 Å². The smallest absolute Gasteiger partial charge is 0.0102 e. The van der Waals surface area contributed by atoms with E-state index in [1.54, 1.807) is 0 Å². The summed E-state index contributed by atoms with van der Waals surface area (Å²) in [7, 11) is 0. The van der Waals surface area contributed by atoms with Crippen molar-refractivity contribution in [2.24, 2.45) is 0 Å². The number of rotatable bonds is 3. The quantitative estimate of drug-likeness (QED) is 0.665. The van der Waals surface area contributed by atoms with Gasteiger partial charge in [-0.25, -0.2) is 0 Å². The summed E-state index contributed by atoms with van der Waals surface area (Å²) in [6.07, 6.45) is 11.6. The Balaban J connectivity index is 1.92. The molecule has 14 heavy (non-hydrogen) atoms. The van der Waals surface area contributed by atoms with Crippen LogP contribution in [0, 0.1) is 0 Å². The lowest BCUT2D eigenvalue weighted by Gasteiger charge is -2.39. The molecule has 2 aliphatic heterocycles. The number of piperidine rings is 1. The molecule has 3 unspecified atom stereocenters. The summed E-state index contributed by atoms with van der Waals surface area (Å²) in [6, 6.07) is 2.77. The molecule has 2 rings (SSSR count). The summed E-state index contributed by atoms with van der Waals surface area (Å²) in [5.41, 5.74) is 0. The fourth-order valence-electron chi connectivity index (χ4n) is 3.53. The first-order valence-corrected chi connectivity index (χ1v) is 6.60. The van der Waals surface area contributed by atoms with E-state index >= 15 is 0 Å². The van der Waals surface area contributed by atoms with Gasteiger partial charge in [0.05, 0.1) is 0 Å². The summed E-state index contributed by atoms with van der Waals surface area (Å²) in [6.45, 7) is 4.75. The average Bonchev–Trinajstić information content (AvgIpc) is 2.59. The molecule has 0 radical (unpaired) electrons. The van der Waals surface area contributed by atoms with Gasteiger partial charge in [0.15, 0.2) is 0 Å². The maximum Gasteiger partial charge on any atom is 0.0102 e. The molecule has 0 aromatic heterocycles. The molecule has 2 fully saturated rings. The van der Waals surface area contributed by atoms with Gasteiger partial charge < -0.3 is 0 Å². The molecule has 1 heteroatoms. The summed E-state index contributed by atoms with van der Waals surface area (Å²) >= 11 is 0. The highest BCUT2D eigenvalue weighted by Crippen LogP contribution is 2.36. The lowest BCUT2D eigenvalue weighted by molar-refractivity contribution is 0.0875. The van der Waals surface area contributed by atoms with Gasteiger partial charge in [0.25, 0.3) is 0 Å². The number of unbranched alkanes of at least 4 members (excludes halogenated alkanes) is 1. The lowest BCUT2D eigenvalue weighted by atomic mass is 9.97. The molecule has 1 nitrogen and oxygen atoms in total. The van der Waals surface area contributed by atoms with E-state index in [0.717, 1.165) is 18.1 Å². The van der Waals surface area contributed by atoms with Crippen molar-refractivity contribution >= 4 is 0 Å². The van der Waals surface area contributed by atoms with Crippen LogP contribution in [0.3, 0.4) is 0 Å². The highest BCUT2D eigenvalue weighted by atomic mass is 15.2. The van der Waals surface area contributed by atoms with Gasteiger partial charge in [-0.15, -0.1) is 0 Å². The SMILES string of the molecule is CCCCC1CCC2CCCC(C)N12. The number of hydrogen-bond donors (Lipinski definition) is 0. The Morgan fingerprint density at radius 1 is 1.14 bits per heavy atom. The van der Waals surface area contributed by atoms with Gasteiger partial charge in [0, 0.05) is 18.1 Å². The van der Waals surface area contributed by atoms with Gasteiger partial charge in [-0.1, -0.05) is 26.2 Å². The maximum absolute atomic E-state index is 2.86. The van der Waals surface area contributed by atoms with Crippen LogP contribution in [-0.4, -0.2) is 23.0 Å². The molecule has 0 N–H and O–H groups in total. The lowest BCUT2D eigenvalue weighted by Crippen LogP contribution is -2.45. The predicted molar refractivity (Wildman–Crippen MR) is 61.5 cm³/mol. The van der Waals surface area contributed by atoms with Crippen molar-refractivity contribution < 1.29 is 0 Å². The van der Waals surface area contributed by atoms with E-state index in [-0.39, 0.29) is 0 Å². The predicted octanol–water partition coefficient (Wildman–Crippen LogP) is 3.58. The topological polar surface area (TPSA) is 3.24 Å². The Kier molecular flexibility index (Phi) is 3.48. The van der Waals surface area contributed by atoms with Crippen molar-refractivity contribution in [3.05, 3.63) is 0 Å². The van der Waals surface area contributed by atoms with Crippen LogP contribution in [0.2, 0.25) is 0 Å². The molecule has 2 saturated heterocycles. The van der Waals surface area contributed by atoms with Crippen LogP contribution >= 0.6 is 0 Å². The number of hydrogen-bond acceptors (Lipinski definition) is 1. The van der Waals surface area contributed by atoms with Crippen LogP contribution in [0.25, 0.3) is 0 Å². The minimum atomic E-state index is 0.873. The van der Waals surface area contributed by atoms with Crippen LogP contribution in [-0.2, 0) is 0 Å². The van der Waals surface area contributed by atoms with Gasteiger partial charge in [0.2, 0.25) is 0 Å². The van der Waals surface area contributed by atoms with Crippen LogP contribution in [0.1, 0.15) is 65.2 Å². The Bertz CT molecular complexity index is 178. The first-order valence-electron chi connectivity index (χ1n) is 6.60. The van der Waals surface area contributed by atoms with Crippen molar-refractivity contribution in [2.45, 2.75) is 83.3 Å². The minimum Gasteiger partial charge on any atom is -0.295 e. The zero-order valence-electron chi connectivity index (χ0n) is 9.84. The molecule has 82 valence electrons. The molecule has 2 aliphatic rings. The molecule has 0 aromatic rings. The molecule has 0 spiro atoms. The van der Waals surface area contributed by atoms with Crippen molar-refractivity contribution in [1.29, 1.82) is 0 Å². The number of nitrogens with zero attached hydrogens (tertiary/aromatic N) is 1. The maximum atomic E-state index is 2.86. The van der Waals surface area contributed by atoms with E-state index < -0.39 is 0 Å². The third kappa shape index (κ3) is 1.98. The van der Waals surface area contributed by atoms with Crippen molar-refractivity contribution in [2.75, 3.05) is 0 Å². The molecule has 0 aliphatic carbocycles. The van der Waals surface area contributed by atoms with Crippen LogP contribution in [0.15, 0.2) is 0 Å². The van der Waals surface area contributed by atoms with E-state index in [2.05, 4.69) is 18.7 Å². The molecular weight excluding hydrogens is 170 g/mol. The Labute approximate surface area is 88.9 Å². The average molecular weight is 195 g/mol. The van der Waals surface area contributed by atoms with E-state index in [1.807, 2.05) is 0 Å². The van der Waals surface area contributed by atoms with Crippen LogP contribution < -0.4 is 0 Å². The molecule has 2 heterocycles. The monoisotopic (exact) mass is 195 g/mol. The van der Waals surface area contributed by atoms with Crippen LogP contribution in [0.5, 0.6) is 0 Å². The molecule has 0 amide bonds. The highest BCUT2D eigenvalue weighted by Gasteiger charge is 2.37. The normalized spacial score (nSPS) is 38.6. The fraction of sp³-hybridized carbons (Fsp3) is 1.00. The first kappa shape index (κ1) is 10.5. The molecular formula is C13H25N. The molecule has 0 bridgehead atoms. The van der Waals surface area contributed by atoms with Crippen molar-refractivity contribution in [3.63, 3.8) is 0 Å². The van der Waals surface area contributed by atoms with Gasteiger partial charge >= 0.3 is 0 Å². The van der Waals surface area contributed by atoms with Crippen molar-refractivity contribution in [1.82, 2.24) is 4.90 Å². The van der Waals surface area contributed by atoms with Crippen molar-refractivity contribution in [3.8, 4) is 0 Å². The fourth-order valence-corrected chi connectivity index (χ4v) is 3.53. The molecule has 0 saturated carbocycles. The second kappa shape index (κ2) is 4.65. The summed E-state index contributed by atoms with van der Waals surface area (Å²) < 4.78 is 0. The van der Waals surface area contributed by atoms with E-state index in [1.165, 1.54) is 51.4 Å². The zero-order chi connectivity index (χ0) is 9.97. The molecule has 0 aromatic carbocycles. The first-order chi connectivity index (χ1) is 6.83. The Morgan fingerprint density at radius 3 is 2.79 bits per heavy atom.